The standard InChI is InChI=1S/C28H46O/c1-7-28-18-13-21-23-12-11-22(20(4)10-8-9-19(2)3)26(23,5)16-14-24(21)27(28,6)17-15-25(28)29/h7,19-24H,1,8-18H2,2-6H3/t20-,21+,22-,23+,24+,26-,27-,28-/m1/s1. The Hall–Kier alpha value is -0.590. The Morgan fingerprint density at radius 2 is 1.76 bits per heavy atom. The first-order valence-corrected chi connectivity index (χ1v) is 12.9. The van der Waals surface area contributed by atoms with Gasteiger partial charge in [-0.25, -0.2) is 0 Å². The molecule has 4 rings (SSSR count). The van der Waals surface area contributed by atoms with Crippen LogP contribution < -0.4 is 0 Å². The normalized spacial score (nSPS) is 47.6. The molecule has 0 spiro atoms. The lowest BCUT2D eigenvalue weighted by atomic mass is 9.43. The van der Waals surface area contributed by atoms with Crippen molar-refractivity contribution in [3.63, 3.8) is 0 Å². The van der Waals surface area contributed by atoms with Crippen molar-refractivity contribution < 1.29 is 4.79 Å². The van der Waals surface area contributed by atoms with Crippen LogP contribution >= 0.6 is 0 Å². The van der Waals surface area contributed by atoms with Crippen molar-refractivity contribution in [3.8, 4) is 0 Å². The lowest BCUT2D eigenvalue weighted by Gasteiger charge is -2.60. The minimum Gasteiger partial charge on any atom is -0.299 e. The summed E-state index contributed by atoms with van der Waals surface area (Å²) in [6.45, 7) is 16.6. The van der Waals surface area contributed by atoms with E-state index in [4.69, 9.17) is 0 Å². The number of Topliss-reactive ketones (excluding diaryl/α,β-unsaturated/α-hetero) is 1. The maximum atomic E-state index is 13.0. The highest BCUT2D eigenvalue weighted by Crippen LogP contribution is 2.71. The van der Waals surface area contributed by atoms with Crippen molar-refractivity contribution in [2.75, 3.05) is 0 Å². The zero-order valence-electron chi connectivity index (χ0n) is 19.9. The Bertz CT molecular complexity index is 649. The number of rotatable bonds is 6. The molecule has 1 nitrogen and oxygen atoms in total. The molecule has 0 unspecified atom stereocenters. The van der Waals surface area contributed by atoms with Gasteiger partial charge in [-0.15, -0.1) is 6.58 Å². The molecule has 4 fully saturated rings. The van der Waals surface area contributed by atoms with Crippen molar-refractivity contribution in [3.05, 3.63) is 12.7 Å². The molecule has 0 aliphatic heterocycles. The fourth-order valence-corrected chi connectivity index (χ4v) is 9.43. The molecule has 164 valence electrons. The van der Waals surface area contributed by atoms with E-state index < -0.39 is 0 Å². The quantitative estimate of drug-likeness (QED) is 0.416. The van der Waals surface area contributed by atoms with E-state index in [1.54, 1.807) is 0 Å². The van der Waals surface area contributed by atoms with Gasteiger partial charge in [-0.3, -0.25) is 4.79 Å². The summed E-state index contributed by atoms with van der Waals surface area (Å²) in [6, 6.07) is 0. The lowest BCUT2D eigenvalue weighted by Crippen LogP contribution is -2.55. The number of fused-ring (bicyclic) bond motifs is 5. The minimum atomic E-state index is -0.204. The fourth-order valence-electron chi connectivity index (χ4n) is 9.43. The fraction of sp³-hybridized carbons (Fsp3) is 0.893. The lowest BCUT2D eigenvalue weighted by molar-refractivity contribution is -0.142. The smallest absolute Gasteiger partial charge is 0.143 e. The van der Waals surface area contributed by atoms with Crippen LogP contribution in [0.25, 0.3) is 0 Å². The Balaban J connectivity index is 1.52. The molecule has 0 aromatic rings. The van der Waals surface area contributed by atoms with Crippen LogP contribution in [-0.4, -0.2) is 5.78 Å². The highest BCUT2D eigenvalue weighted by Gasteiger charge is 2.66. The third kappa shape index (κ3) is 3.03. The second-order valence-electron chi connectivity index (χ2n) is 12.5. The molecule has 0 bridgehead atoms. The van der Waals surface area contributed by atoms with Crippen molar-refractivity contribution in [2.24, 2.45) is 51.8 Å². The first-order chi connectivity index (χ1) is 13.7. The van der Waals surface area contributed by atoms with Crippen molar-refractivity contribution in [2.45, 2.75) is 105 Å². The number of ketones is 1. The molecule has 0 aromatic heterocycles. The predicted molar refractivity (Wildman–Crippen MR) is 123 cm³/mol. The summed E-state index contributed by atoms with van der Waals surface area (Å²) in [6.07, 6.45) is 16.2. The van der Waals surface area contributed by atoms with Crippen LogP contribution in [0.4, 0.5) is 0 Å². The van der Waals surface area contributed by atoms with E-state index in [0.717, 1.165) is 54.8 Å². The summed E-state index contributed by atoms with van der Waals surface area (Å²) >= 11 is 0. The second kappa shape index (κ2) is 7.52. The van der Waals surface area contributed by atoms with E-state index in [-0.39, 0.29) is 10.8 Å². The largest absolute Gasteiger partial charge is 0.299 e. The summed E-state index contributed by atoms with van der Waals surface area (Å²) in [7, 11) is 0. The zero-order chi connectivity index (χ0) is 21.0. The van der Waals surface area contributed by atoms with E-state index in [9.17, 15) is 4.79 Å². The van der Waals surface area contributed by atoms with Gasteiger partial charge in [0.1, 0.15) is 5.78 Å². The zero-order valence-corrected chi connectivity index (χ0v) is 19.9. The first kappa shape index (κ1) is 21.6. The topological polar surface area (TPSA) is 17.1 Å². The van der Waals surface area contributed by atoms with Crippen LogP contribution in [0, 0.1) is 51.8 Å². The van der Waals surface area contributed by atoms with Crippen molar-refractivity contribution >= 4 is 5.78 Å². The summed E-state index contributed by atoms with van der Waals surface area (Å²) in [5.41, 5.74) is 0.521. The molecule has 0 radical (unpaired) electrons. The first-order valence-electron chi connectivity index (χ1n) is 12.9. The van der Waals surface area contributed by atoms with Crippen LogP contribution in [0.2, 0.25) is 0 Å². The van der Waals surface area contributed by atoms with Gasteiger partial charge >= 0.3 is 0 Å². The van der Waals surface area contributed by atoms with Crippen molar-refractivity contribution in [1.29, 1.82) is 0 Å². The maximum absolute atomic E-state index is 13.0. The molecular weight excluding hydrogens is 352 g/mol. The third-order valence-electron chi connectivity index (χ3n) is 11.1. The highest BCUT2D eigenvalue weighted by molar-refractivity contribution is 5.90. The average molecular weight is 399 g/mol. The summed E-state index contributed by atoms with van der Waals surface area (Å²) in [5.74, 6) is 5.63. The molecule has 29 heavy (non-hydrogen) atoms. The molecule has 4 aliphatic rings. The molecule has 0 amide bonds. The molecule has 8 atom stereocenters. The Labute approximate surface area is 180 Å². The van der Waals surface area contributed by atoms with Gasteiger partial charge in [0.2, 0.25) is 0 Å². The summed E-state index contributed by atoms with van der Waals surface area (Å²) in [4.78, 5) is 13.0. The number of carbonyl (C=O) groups is 1. The summed E-state index contributed by atoms with van der Waals surface area (Å²) in [5, 5.41) is 0. The van der Waals surface area contributed by atoms with Gasteiger partial charge in [0.25, 0.3) is 0 Å². The van der Waals surface area contributed by atoms with Crippen LogP contribution in [0.1, 0.15) is 105 Å². The molecule has 1 heteroatoms. The molecule has 0 aromatic carbocycles. The molecule has 4 saturated carbocycles. The third-order valence-corrected chi connectivity index (χ3v) is 11.1. The van der Waals surface area contributed by atoms with Gasteiger partial charge in [0, 0.05) is 6.42 Å². The average Bonchev–Trinajstić information content (AvgIpc) is 3.16. The monoisotopic (exact) mass is 398 g/mol. The van der Waals surface area contributed by atoms with Gasteiger partial charge in [0.05, 0.1) is 5.41 Å². The maximum Gasteiger partial charge on any atom is 0.143 e. The minimum absolute atomic E-state index is 0.178. The Kier molecular flexibility index (Phi) is 5.61. The predicted octanol–water partition coefficient (Wildman–Crippen LogP) is 7.84. The molecule has 4 aliphatic carbocycles. The van der Waals surface area contributed by atoms with Gasteiger partial charge in [0.15, 0.2) is 0 Å². The van der Waals surface area contributed by atoms with Crippen LogP contribution in [-0.2, 0) is 4.79 Å². The SMILES string of the molecule is C=C[C@]12CC[C@H]3[C@@H]4CC[C@H]([C@H](C)CCCC(C)C)[C@@]4(C)CC[C@@H]3[C@@]1(C)CCC2=O. The van der Waals surface area contributed by atoms with E-state index >= 15 is 0 Å². The highest BCUT2D eigenvalue weighted by atomic mass is 16.1. The number of carbonyl (C=O) groups excluding carboxylic acids is 1. The van der Waals surface area contributed by atoms with E-state index in [1.165, 1.54) is 51.4 Å². The van der Waals surface area contributed by atoms with E-state index in [1.807, 2.05) is 0 Å². The molecule has 0 N–H and O–H groups in total. The van der Waals surface area contributed by atoms with Gasteiger partial charge in [-0.2, -0.15) is 0 Å². The number of allylic oxidation sites excluding steroid dienone is 1. The van der Waals surface area contributed by atoms with Crippen LogP contribution in [0.5, 0.6) is 0 Å². The second-order valence-corrected chi connectivity index (χ2v) is 12.5. The van der Waals surface area contributed by atoms with Crippen LogP contribution in [0.3, 0.4) is 0 Å². The number of hydrogen-bond donors (Lipinski definition) is 0. The molecular formula is C28H46O. The van der Waals surface area contributed by atoms with Crippen molar-refractivity contribution in [1.82, 2.24) is 0 Å². The molecule has 0 saturated heterocycles. The van der Waals surface area contributed by atoms with Gasteiger partial charge < -0.3 is 0 Å². The van der Waals surface area contributed by atoms with Gasteiger partial charge in [-0.1, -0.05) is 60.0 Å². The van der Waals surface area contributed by atoms with E-state index in [2.05, 4.69) is 47.3 Å². The van der Waals surface area contributed by atoms with E-state index in [0.29, 0.717) is 11.2 Å². The molecule has 0 heterocycles. The van der Waals surface area contributed by atoms with Crippen LogP contribution in [0.15, 0.2) is 12.7 Å². The number of hydrogen-bond acceptors (Lipinski definition) is 1. The van der Waals surface area contributed by atoms with Gasteiger partial charge in [-0.05, 0) is 91.3 Å². The summed E-state index contributed by atoms with van der Waals surface area (Å²) < 4.78 is 0. The Morgan fingerprint density at radius 3 is 2.45 bits per heavy atom. The Morgan fingerprint density at radius 1 is 1.00 bits per heavy atom.